The summed E-state index contributed by atoms with van der Waals surface area (Å²) in [6.07, 6.45) is 0. The molecule has 0 spiro atoms. The average molecular weight is 385 g/mol. The zero-order valence-electron chi connectivity index (χ0n) is 9.81. The molecule has 3 nitrogen and oxygen atoms in total. The Morgan fingerprint density at radius 1 is 1.11 bits per heavy atom. The first-order valence-corrected chi connectivity index (χ1v) is 7.16. The summed E-state index contributed by atoms with van der Waals surface area (Å²) in [7, 11) is 0. The minimum Gasteiger partial charge on any atom is -0.479 e. The molecular formula is C14H11Br2NO2. The van der Waals surface area contributed by atoms with Gasteiger partial charge in [-0.3, -0.25) is 0 Å². The highest BCUT2D eigenvalue weighted by molar-refractivity contribution is 9.10. The second kappa shape index (κ2) is 6.21. The van der Waals surface area contributed by atoms with Crippen LogP contribution in [0.1, 0.15) is 11.6 Å². The third kappa shape index (κ3) is 3.58. The van der Waals surface area contributed by atoms with Crippen molar-refractivity contribution in [2.24, 2.45) is 0 Å². The minimum atomic E-state index is -0.922. The fourth-order valence-corrected chi connectivity index (χ4v) is 2.52. The number of carboxylic acids is 1. The number of carbonyl (C=O) groups is 1. The summed E-state index contributed by atoms with van der Waals surface area (Å²) in [5.74, 6) is -0.922. The number of carboxylic acid groups (broad SMARTS) is 1. The van der Waals surface area contributed by atoms with Gasteiger partial charge in [0.25, 0.3) is 0 Å². The highest BCUT2D eigenvalue weighted by Gasteiger charge is 2.20. The number of benzene rings is 2. The molecule has 0 aliphatic heterocycles. The molecule has 2 rings (SSSR count). The van der Waals surface area contributed by atoms with Crippen LogP contribution >= 0.6 is 31.9 Å². The fourth-order valence-electron chi connectivity index (χ4n) is 1.71. The second-order valence-electron chi connectivity index (χ2n) is 3.95. The van der Waals surface area contributed by atoms with Gasteiger partial charge in [-0.1, -0.05) is 40.2 Å². The summed E-state index contributed by atoms with van der Waals surface area (Å²) in [4.78, 5) is 11.4. The zero-order valence-corrected chi connectivity index (χ0v) is 13.0. The van der Waals surface area contributed by atoms with E-state index in [4.69, 9.17) is 0 Å². The van der Waals surface area contributed by atoms with Gasteiger partial charge in [0, 0.05) is 14.6 Å². The third-order valence-electron chi connectivity index (χ3n) is 2.60. The zero-order chi connectivity index (χ0) is 13.8. The SMILES string of the molecule is O=C(O)C(Nc1ccccc1Br)c1cccc(Br)c1. The van der Waals surface area contributed by atoms with E-state index in [2.05, 4.69) is 37.2 Å². The van der Waals surface area contributed by atoms with Crippen molar-refractivity contribution in [1.29, 1.82) is 0 Å². The molecule has 0 radical (unpaired) electrons. The summed E-state index contributed by atoms with van der Waals surface area (Å²) in [6.45, 7) is 0. The molecule has 2 aromatic carbocycles. The molecule has 0 aromatic heterocycles. The van der Waals surface area contributed by atoms with Gasteiger partial charge in [0.05, 0.1) is 0 Å². The number of hydrogen-bond acceptors (Lipinski definition) is 2. The molecular weight excluding hydrogens is 374 g/mol. The Morgan fingerprint density at radius 2 is 1.84 bits per heavy atom. The molecule has 1 unspecified atom stereocenters. The van der Waals surface area contributed by atoms with Crippen molar-refractivity contribution < 1.29 is 9.90 Å². The number of aliphatic carboxylic acids is 1. The Bertz CT molecular complexity index is 602. The van der Waals surface area contributed by atoms with Gasteiger partial charge in [0.15, 0.2) is 6.04 Å². The monoisotopic (exact) mass is 383 g/mol. The molecule has 98 valence electrons. The summed E-state index contributed by atoms with van der Waals surface area (Å²) in [5, 5.41) is 12.4. The van der Waals surface area contributed by atoms with Crippen molar-refractivity contribution in [3.63, 3.8) is 0 Å². The van der Waals surface area contributed by atoms with Crippen molar-refractivity contribution in [2.45, 2.75) is 6.04 Å². The minimum absolute atomic E-state index is 0.692. The van der Waals surface area contributed by atoms with Crippen LogP contribution in [0, 0.1) is 0 Å². The molecule has 0 fully saturated rings. The van der Waals surface area contributed by atoms with Crippen molar-refractivity contribution >= 4 is 43.5 Å². The van der Waals surface area contributed by atoms with Crippen LogP contribution in [0.4, 0.5) is 5.69 Å². The Balaban J connectivity index is 2.32. The van der Waals surface area contributed by atoms with Crippen LogP contribution in [0.15, 0.2) is 57.5 Å². The number of halogens is 2. The van der Waals surface area contributed by atoms with Crippen LogP contribution in [-0.2, 0) is 4.79 Å². The van der Waals surface area contributed by atoms with Crippen LogP contribution in [0.3, 0.4) is 0 Å². The maximum absolute atomic E-state index is 11.4. The van der Waals surface area contributed by atoms with E-state index in [1.807, 2.05) is 36.4 Å². The first-order chi connectivity index (χ1) is 9.08. The molecule has 0 aliphatic rings. The topological polar surface area (TPSA) is 49.3 Å². The molecule has 2 aromatic rings. The molecule has 0 aliphatic carbocycles. The first kappa shape index (κ1) is 14.1. The lowest BCUT2D eigenvalue weighted by molar-refractivity contribution is -0.138. The van der Waals surface area contributed by atoms with E-state index in [-0.39, 0.29) is 0 Å². The van der Waals surface area contributed by atoms with E-state index in [0.717, 1.165) is 14.6 Å². The number of rotatable bonds is 4. The van der Waals surface area contributed by atoms with E-state index in [1.165, 1.54) is 0 Å². The van der Waals surface area contributed by atoms with Crippen LogP contribution in [0.25, 0.3) is 0 Å². The summed E-state index contributed by atoms with van der Waals surface area (Å²) >= 11 is 6.75. The second-order valence-corrected chi connectivity index (χ2v) is 5.72. The van der Waals surface area contributed by atoms with Crippen LogP contribution in [-0.4, -0.2) is 11.1 Å². The summed E-state index contributed by atoms with van der Waals surface area (Å²) in [6, 6.07) is 13.9. The molecule has 0 amide bonds. The van der Waals surface area contributed by atoms with Crippen molar-refractivity contribution in [3.05, 3.63) is 63.0 Å². The summed E-state index contributed by atoms with van der Waals surface area (Å²) < 4.78 is 1.68. The highest BCUT2D eigenvalue weighted by atomic mass is 79.9. The van der Waals surface area contributed by atoms with Crippen molar-refractivity contribution in [1.82, 2.24) is 0 Å². The predicted octanol–water partition coefficient (Wildman–Crippen LogP) is 4.45. The number of para-hydroxylation sites is 1. The third-order valence-corrected chi connectivity index (χ3v) is 3.79. The normalized spacial score (nSPS) is 11.9. The smallest absolute Gasteiger partial charge is 0.330 e. The quantitative estimate of drug-likeness (QED) is 0.818. The number of hydrogen-bond donors (Lipinski definition) is 2. The van der Waals surface area contributed by atoms with Crippen LogP contribution in [0.5, 0.6) is 0 Å². The van der Waals surface area contributed by atoms with E-state index < -0.39 is 12.0 Å². The van der Waals surface area contributed by atoms with Gasteiger partial charge in [0.1, 0.15) is 0 Å². The predicted molar refractivity (Wildman–Crippen MR) is 82.3 cm³/mol. The molecule has 0 heterocycles. The standard InChI is InChI=1S/C14H11Br2NO2/c15-10-5-3-4-9(8-10)13(14(18)19)17-12-7-2-1-6-11(12)16/h1-8,13,17H,(H,18,19). The van der Waals surface area contributed by atoms with Gasteiger partial charge < -0.3 is 10.4 Å². The van der Waals surface area contributed by atoms with Crippen LogP contribution < -0.4 is 5.32 Å². The lowest BCUT2D eigenvalue weighted by Crippen LogP contribution is -2.20. The highest BCUT2D eigenvalue weighted by Crippen LogP contribution is 2.27. The Kier molecular flexibility index (Phi) is 4.61. The van der Waals surface area contributed by atoms with Crippen molar-refractivity contribution in [2.75, 3.05) is 5.32 Å². The van der Waals surface area contributed by atoms with E-state index in [0.29, 0.717) is 5.56 Å². The molecule has 0 saturated carbocycles. The molecule has 0 bridgehead atoms. The van der Waals surface area contributed by atoms with Gasteiger partial charge in [-0.15, -0.1) is 0 Å². The van der Waals surface area contributed by atoms with Crippen LogP contribution in [0.2, 0.25) is 0 Å². The number of anilines is 1. The largest absolute Gasteiger partial charge is 0.479 e. The van der Waals surface area contributed by atoms with E-state index >= 15 is 0 Å². The fraction of sp³-hybridized carbons (Fsp3) is 0.0714. The molecule has 5 heteroatoms. The number of nitrogens with one attached hydrogen (secondary N) is 1. The van der Waals surface area contributed by atoms with Gasteiger partial charge in [-0.2, -0.15) is 0 Å². The average Bonchev–Trinajstić information content (AvgIpc) is 2.37. The van der Waals surface area contributed by atoms with E-state index in [1.54, 1.807) is 12.1 Å². The summed E-state index contributed by atoms with van der Waals surface area (Å²) in [5.41, 5.74) is 1.44. The maximum Gasteiger partial charge on any atom is 0.330 e. The Hall–Kier alpha value is -1.33. The Labute approximate surface area is 127 Å². The van der Waals surface area contributed by atoms with Gasteiger partial charge >= 0.3 is 5.97 Å². The molecule has 1 atom stereocenters. The lowest BCUT2D eigenvalue weighted by atomic mass is 10.1. The maximum atomic E-state index is 11.4. The lowest BCUT2D eigenvalue weighted by Gasteiger charge is -2.17. The van der Waals surface area contributed by atoms with Gasteiger partial charge in [0.2, 0.25) is 0 Å². The van der Waals surface area contributed by atoms with Gasteiger partial charge in [-0.25, -0.2) is 4.79 Å². The molecule has 0 saturated heterocycles. The first-order valence-electron chi connectivity index (χ1n) is 5.57. The van der Waals surface area contributed by atoms with E-state index in [9.17, 15) is 9.90 Å². The Morgan fingerprint density at radius 3 is 2.47 bits per heavy atom. The van der Waals surface area contributed by atoms with Crippen molar-refractivity contribution in [3.8, 4) is 0 Å². The molecule has 19 heavy (non-hydrogen) atoms. The van der Waals surface area contributed by atoms with Gasteiger partial charge in [-0.05, 0) is 45.8 Å². The molecule has 2 N–H and O–H groups in total.